The van der Waals surface area contributed by atoms with E-state index in [0.29, 0.717) is 0 Å². The van der Waals surface area contributed by atoms with Gasteiger partial charge in [-0.2, -0.15) is 0 Å². The Bertz CT molecular complexity index is 345. The Balaban J connectivity index is 2.64. The summed E-state index contributed by atoms with van der Waals surface area (Å²) in [4.78, 5) is 0. The van der Waals surface area contributed by atoms with Crippen LogP contribution in [0.25, 0.3) is 0 Å². The van der Waals surface area contributed by atoms with E-state index in [1.807, 2.05) is 19.9 Å². The summed E-state index contributed by atoms with van der Waals surface area (Å²) in [6.07, 6.45) is 0. The van der Waals surface area contributed by atoms with Crippen molar-refractivity contribution in [2.24, 2.45) is 0 Å². The van der Waals surface area contributed by atoms with Gasteiger partial charge in [0.25, 0.3) is 0 Å². The summed E-state index contributed by atoms with van der Waals surface area (Å²) < 4.78 is 15.8. The molecule has 13 heavy (non-hydrogen) atoms. The van der Waals surface area contributed by atoms with E-state index in [1.54, 1.807) is 7.11 Å². The first-order valence-electron chi connectivity index (χ1n) is 4.18. The molecule has 0 radical (unpaired) electrons. The second-order valence-corrected chi connectivity index (χ2v) is 3.09. The first-order chi connectivity index (χ1) is 6.24. The summed E-state index contributed by atoms with van der Waals surface area (Å²) in [5, 5.41) is 0. The van der Waals surface area contributed by atoms with Gasteiger partial charge in [-0.25, -0.2) is 0 Å². The molecule has 0 N–H and O–H groups in total. The van der Waals surface area contributed by atoms with Crippen molar-refractivity contribution in [3.8, 4) is 17.2 Å². The first kappa shape index (κ1) is 8.23. The fraction of sp³-hybridized carbons (Fsp3) is 0.400. The van der Waals surface area contributed by atoms with E-state index in [4.69, 9.17) is 14.2 Å². The molecule has 3 nitrogen and oxygen atoms in total. The summed E-state index contributed by atoms with van der Waals surface area (Å²) >= 11 is 0. The van der Waals surface area contributed by atoms with E-state index >= 15 is 0 Å². The number of hydrogen-bond acceptors (Lipinski definition) is 3. The summed E-state index contributed by atoms with van der Waals surface area (Å²) in [5.41, 5.74) is 2.27. The Morgan fingerprint density at radius 2 is 1.92 bits per heavy atom. The third-order valence-electron chi connectivity index (χ3n) is 2.34. The molecule has 0 saturated carbocycles. The Hall–Kier alpha value is -1.38. The average molecular weight is 180 g/mol. The molecule has 1 heterocycles. The van der Waals surface area contributed by atoms with Crippen LogP contribution in [0.3, 0.4) is 0 Å². The smallest absolute Gasteiger partial charge is 0.231 e. The van der Waals surface area contributed by atoms with Gasteiger partial charge < -0.3 is 14.2 Å². The maximum Gasteiger partial charge on any atom is 0.231 e. The fourth-order valence-electron chi connectivity index (χ4n) is 1.44. The molecule has 2 rings (SSSR count). The molecule has 0 fully saturated rings. The fourth-order valence-corrected chi connectivity index (χ4v) is 1.44. The van der Waals surface area contributed by atoms with Crippen LogP contribution in [0.15, 0.2) is 6.07 Å². The quantitative estimate of drug-likeness (QED) is 0.662. The Labute approximate surface area is 77.2 Å². The summed E-state index contributed by atoms with van der Waals surface area (Å²) in [7, 11) is 1.63. The lowest BCUT2D eigenvalue weighted by atomic mass is 10.1. The van der Waals surface area contributed by atoms with Crippen molar-refractivity contribution in [3.63, 3.8) is 0 Å². The zero-order valence-electron chi connectivity index (χ0n) is 8.01. The molecule has 1 aromatic rings. The molecule has 1 aromatic carbocycles. The molecular weight excluding hydrogens is 168 g/mol. The van der Waals surface area contributed by atoms with Crippen LogP contribution in [0.5, 0.6) is 17.2 Å². The maximum absolute atomic E-state index is 5.35. The minimum absolute atomic E-state index is 0.288. The van der Waals surface area contributed by atoms with Crippen molar-refractivity contribution in [1.29, 1.82) is 0 Å². The molecule has 0 aromatic heterocycles. The predicted octanol–water partition coefficient (Wildman–Crippen LogP) is 2.04. The van der Waals surface area contributed by atoms with Gasteiger partial charge in [0.05, 0.1) is 7.11 Å². The first-order valence-corrected chi connectivity index (χ1v) is 4.18. The second kappa shape index (κ2) is 2.83. The summed E-state index contributed by atoms with van der Waals surface area (Å²) in [6, 6.07) is 1.96. The zero-order valence-corrected chi connectivity index (χ0v) is 8.01. The Morgan fingerprint density at radius 1 is 1.23 bits per heavy atom. The lowest BCUT2D eigenvalue weighted by molar-refractivity contribution is 0.170. The van der Waals surface area contributed by atoms with Crippen LogP contribution in [0.2, 0.25) is 0 Å². The Morgan fingerprint density at radius 3 is 2.62 bits per heavy atom. The van der Waals surface area contributed by atoms with Crippen LogP contribution in [-0.4, -0.2) is 13.9 Å². The van der Waals surface area contributed by atoms with Crippen LogP contribution in [0, 0.1) is 13.8 Å². The van der Waals surface area contributed by atoms with Crippen LogP contribution < -0.4 is 14.2 Å². The molecular formula is C10H12O3. The Kier molecular flexibility index (Phi) is 1.79. The van der Waals surface area contributed by atoms with Crippen molar-refractivity contribution in [2.75, 3.05) is 13.9 Å². The number of methoxy groups -OCH3 is 1. The lowest BCUT2D eigenvalue weighted by Crippen LogP contribution is -1.94. The molecule has 0 unspecified atom stereocenters. The maximum atomic E-state index is 5.35. The second-order valence-electron chi connectivity index (χ2n) is 3.09. The lowest BCUT2D eigenvalue weighted by Gasteiger charge is -2.08. The minimum atomic E-state index is 0.288. The van der Waals surface area contributed by atoms with Crippen molar-refractivity contribution in [3.05, 3.63) is 17.2 Å². The van der Waals surface area contributed by atoms with Crippen molar-refractivity contribution >= 4 is 0 Å². The number of benzene rings is 1. The van der Waals surface area contributed by atoms with E-state index in [-0.39, 0.29) is 6.79 Å². The minimum Gasteiger partial charge on any atom is -0.493 e. The standard InChI is InChI=1S/C10H12O3/c1-6-4-8(11-3)10-9(7(6)2)12-5-13-10/h4H,5H2,1-3H3. The van der Waals surface area contributed by atoms with Gasteiger partial charge in [0, 0.05) is 0 Å². The SMILES string of the molecule is COc1cc(C)c(C)c2c1OCO2. The monoisotopic (exact) mass is 180 g/mol. The third kappa shape index (κ3) is 1.11. The zero-order chi connectivity index (χ0) is 9.42. The van der Waals surface area contributed by atoms with Crippen LogP contribution in [0.1, 0.15) is 11.1 Å². The van der Waals surface area contributed by atoms with E-state index in [0.717, 1.165) is 28.4 Å². The summed E-state index contributed by atoms with van der Waals surface area (Å²) in [6.45, 7) is 4.33. The molecule has 1 aliphatic heterocycles. The van der Waals surface area contributed by atoms with E-state index in [9.17, 15) is 0 Å². The van der Waals surface area contributed by atoms with Gasteiger partial charge in [0.1, 0.15) is 0 Å². The molecule has 0 amide bonds. The van der Waals surface area contributed by atoms with Gasteiger partial charge in [-0.1, -0.05) is 0 Å². The number of hydrogen-bond donors (Lipinski definition) is 0. The highest BCUT2D eigenvalue weighted by atomic mass is 16.7. The van der Waals surface area contributed by atoms with Crippen LogP contribution in [-0.2, 0) is 0 Å². The molecule has 0 atom stereocenters. The topological polar surface area (TPSA) is 27.7 Å². The summed E-state index contributed by atoms with van der Waals surface area (Å²) in [5.74, 6) is 2.29. The molecule has 0 aliphatic carbocycles. The molecule has 70 valence electrons. The van der Waals surface area contributed by atoms with Gasteiger partial charge in [0.15, 0.2) is 11.5 Å². The van der Waals surface area contributed by atoms with Gasteiger partial charge in [-0.15, -0.1) is 0 Å². The van der Waals surface area contributed by atoms with Gasteiger partial charge in [-0.05, 0) is 31.0 Å². The highest BCUT2D eigenvalue weighted by Gasteiger charge is 2.22. The predicted molar refractivity (Wildman–Crippen MR) is 48.6 cm³/mol. The number of rotatable bonds is 1. The van der Waals surface area contributed by atoms with Crippen molar-refractivity contribution in [2.45, 2.75) is 13.8 Å². The molecule has 1 aliphatic rings. The average Bonchev–Trinajstić information content (AvgIpc) is 2.60. The number of ether oxygens (including phenoxy) is 3. The van der Waals surface area contributed by atoms with Crippen molar-refractivity contribution in [1.82, 2.24) is 0 Å². The molecule has 0 saturated heterocycles. The van der Waals surface area contributed by atoms with Gasteiger partial charge in [-0.3, -0.25) is 0 Å². The van der Waals surface area contributed by atoms with Gasteiger partial charge in [0.2, 0.25) is 12.5 Å². The van der Waals surface area contributed by atoms with Crippen LogP contribution >= 0.6 is 0 Å². The molecule has 0 spiro atoms. The molecule has 0 bridgehead atoms. The van der Waals surface area contributed by atoms with Crippen molar-refractivity contribution < 1.29 is 14.2 Å². The van der Waals surface area contributed by atoms with Crippen LogP contribution in [0.4, 0.5) is 0 Å². The number of fused-ring (bicyclic) bond motifs is 1. The number of aryl methyl sites for hydroxylation is 1. The van der Waals surface area contributed by atoms with Gasteiger partial charge >= 0.3 is 0 Å². The van der Waals surface area contributed by atoms with E-state index < -0.39 is 0 Å². The normalized spacial score (nSPS) is 13.2. The third-order valence-corrected chi connectivity index (χ3v) is 2.34. The largest absolute Gasteiger partial charge is 0.493 e. The highest BCUT2D eigenvalue weighted by molar-refractivity contribution is 5.59. The van der Waals surface area contributed by atoms with E-state index in [1.165, 1.54) is 0 Å². The molecule has 3 heteroatoms. The van der Waals surface area contributed by atoms with E-state index in [2.05, 4.69) is 0 Å². The highest BCUT2D eigenvalue weighted by Crippen LogP contribution is 2.44.